The summed E-state index contributed by atoms with van der Waals surface area (Å²) in [5.41, 5.74) is 1.73. The number of urea groups is 1. The average molecular weight is 373 g/mol. The number of halogens is 1. The molecule has 0 spiro atoms. The van der Waals surface area contributed by atoms with Crippen molar-refractivity contribution in [3.63, 3.8) is 0 Å². The second-order valence-corrected chi connectivity index (χ2v) is 6.30. The lowest BCUT2D eigenvalue weighted by Crippen LogP contribution is -2.29. The SMILES string of the molecule is CCCCNC(=O)Nc1n[nH]c2ccc(OCc3ccccc3Cl)cc12. The molecule has 0 aliphatic carbocycles. The lowest BCUT2D eigenvalue weighted by atomic mass is 10.2. The van der Waals surface area contributed by atoms with Crippen LogP contribution in [-0.2, 0) is 6.61 Å². The number of H-pyrrole nitrogens is 1. The molecule has 6 nitrogen and oxygen atoms in total. The zero-order valence-electron chi connectivity index (χ0n) is 14.5. The molecule has 3 rings (SSSR count). The summed E-state index contributed by atoms with van der Waals surface area (Å²) in [5.74, 6) is 1.14. The zero-order valence-corrected chi connectivity index (χ0v) is 15.3. The largest absolute Gasteiger partial charge is 0.489 e. The molecule has 136 valence electrons. The number of nitrogens with zero attached hydrogens (tertiary/aromatic N) is 1. The standard InChI is InChI=1S/C19H21ClN4O2/c1-2-3-10-21-19(25)22-18-15-11-14(8-9-17(15)23-24-18)26-12-13-6-4-5-7-16(13)20/h4-9,11H,2-3,10,12H2,1H3,(H3,21,22,23,24,25). The van der Waals surface area contributed by atoms with Gasteiger partial charge >= 0.3 is 6.03 Å². The van der Waals surface area contributed by atoms with E-state index in [-0.39, 0.29) is 6.03 Å². The van der Waals surface area contributed by atoms with E-state index in [0.29, 0.717) is 29.7 Å². The highest BCUT2D eigenvalue weighted by Crippen LogP contribution is 2.26. The first-order chi connectivity index (χ1) is 12.7. The molecule has 0 aliphatic rings. The van der Waals surface area contributed by atoms with Crippen LogP contribution in [0.3, 0.4) is 0 Å². The highest BCUT2D eigenvalue weighted by molar-refractivity contribution is 6.31. The topological polar surface area (TPSA) is 79.0 Å². The third kappa shape index (κ3) is 4.46. The van der Waals surface area contributed by atoms with Gasteiger partial charge in [-0.05, 0) is 30.7 Å². The Morgan fingerprint density at radius 3 is 2.92 bits per heavy atom. The van der Waals surface area contributed by atoms with Crippen LogP contribution >= 0.6 is 11.6 Å². The molecule has 2 aromatic carbocycles. The molecule has 26 heavy (non-hydrogen) atoms. The normalized spacial score (nSPS) is 10.7. The number of benzene rings is 2. The van der Waals surface area contributed by atoms with Crippen molar-refractivity contribution in [3.05, 3.63) is 53.1 Å². The number of aromatic nitrogens is 2. The van der Waals surface area contributed by atoms with Gasteiger partial charge in [-0.1, -0.05) is 43.1 Å². The summed E-state index contributed by atoms with van der Waals surface area (Å²) in [7, 11) is 0. The van der Waals surface area contributed by atoms with Crippen molar-refractivity contribution >= 4 is 34.4 Å². The summed E-state index contributed by atoms with van der Waals surface area (Å²) >= 11 is 6.15. The molecule has 0 atom stereocenters. The number of anilines is 1. The number of fused-ring (bicyclic) bond motifs is 1. The molecule has 0 saturated heterocycles. The summed E-state index contributed by atoms with van der Waals surface area (Å²) < 4.78 is 5.84. The second-order valence-electron chi connectivity index (χ2n) is 5.89. The van der Waals surface area contributed by atoms with Crippen molar-refractivity contribution in [2.75, 3.05) is 11.9 Å². The zero-order chi connectivity index (χ0) is 18.4. The van der Waals surface area contributed by atoms with Crippen molar-refractivity contribution in [2.24, 2.45) is 0 Å². The van der Waals surface area contributed by atoms with Crippen LogP contribution in [0, 0.1) is 0 Å². The Hall–Kier alpha value is -2.73. The predicted molar refractivity (Wildman–Crippen MR) is 104 cm³/mol. The number of rotatable bonds is 7. The maximum atomic E-state index is 11.9. The molecule has 0 fully saturated rings. The minimum atomic E-state index is -0.269. The molecule has 0 unspecified atom stereocenters. The highest BCUT2D eigenvalue weighted by atomic mass is 35.5. The van der Waals surface area contributed by atoms with Crippen LogP contribution in [0.5, 0.6) is 5.75 Å². The molecule has 0 radical (unpaired) electrons. The number of carbonyl (C=O) groups excluding carboxylic acids is 1. The first kappa shape index (κ1) is 18.1. The van der Waals surface area contributed by atoms with Crippen molar-refractivity contribution in [1.29, 1.82) is 0 Å². The molecule has 2 amide bonds. The summed E-state index contributed by atoms with van der Waals surface area (Å²) in [5, 5.41) is 14.1. The third-order valence-electron chi connectivity index (χ3n) is 3.93. The second kappa shape index (κ2) is 8.58. The minimum absolute atomic E-state index is 0.269. The van der Waals surface area contributed by atoms with Gasteiger partial charge in [0.05, 0.1) is 5.52 Å². The quantitative estimate of drug-likeness (QED) is 0.525. The van der Waals surface area contributed by atoms with Crippen LogP contribution in [0.2, 0.25) is 5.02 Å². The summed E-state index contributed by atoms with van der Waals surface area (Å²) in [6.07, 6.45) is 1.96. The lowest BCUT2D eigenvalue weighted by molar-refractivity contribution is 0.252. The fourth-order valence-electron chi connectivity index (χ4n) is 2.49. The number of ether oxygens (including phenoxy) is 1. The molecular weight excluding hydrogens is 352 g/mol. The Morgan fingerprint density at radius 2 is 2.12 bits per heavy atom. The van der Waals surface area contributed by atoms with Gasteiger partial charge in [-0.25, -0.2) is 4.79 Å². The Morgan fingerprint density at radius 1 is 1.27 bits per heavy atom. The van der Waals surface area contributed by atoms with E-state index in [1.165, 1.54) is 0 Å². The number of hydrogen-bond donors (Lipinski definition) is 3. The number of nitrogens with one attached hydrogen (secondary N) is 3. The highest BCUT2D eigenvalue weighted by Gasteiger charge is 2.10. The number of aromatic amines is 1. The summed E-state index contributed by atoms with van der Waals surface area (Å²) in [4.78, 5) is 11.9. The molecule has 0 bridgehead atoms. The van der Waals surface area contributed by atoms with Gasteiger partial charge in [0.2, 0.25) is 0 Å². The van der Waals surface area contributed by atoms with Crippen molar-refractivity contribution in [2.45, 2.75) is 26.4 Å². The summed E-state index contributed by atoms with van der Waals surface area (Å²) in [6.45, 7) is 3.07. The van der Waals surface area contributed by atoms with Crippen LogP contribution in [0.4, 0.5) is 10.6 Å². The average Bonchev–Trinajstić information content (AvgIpc) is 3.03. The molecule has 7 heteroatoms. The lowest BCUT2D eigenvalue weighted by Gasteiger charge is -2.08. The van der Waals surface area contributed by atoms with Gasteiger partial charge in [-0.2, -0.15) is 5.10 Å². The Balaban J connectivity index is 1.69. The van der Waals surface area contributed by atoms with E-state index >= 15 is 0 Å². The van der Waals surface area contributed by atoms with Gasteiger partial charge in [0.15, 0.2) is 5.82 Å². The Bertz CT molecular complexity index is 894. The third-order valence-corrected chi connectivity index (χ3v) is 4.30. The molecule has 0 saturated carbocycles. The number of hydrogen-bond acceptors (Lipinski definition) is 3. The monoisotopic (exact) mass is 372 g/mol. The van der Waals surface area contributed by atoms with Gasteiger partial charge in [-0.15, -0.1) is 0 Å². The fourth-order valence-corrected chi connectivity index (χ4v) is 2.68. The first-order valence-electron chi connectivity index (χ1n) is 8.56. The smallest absolute Gasteiger partial charge is 0.320 e. The van der Waals surface area contributed by atoms with E-state index in [4.69, 9.17) is 16.3 Å². The predicted octanol–water partition coefficient (Wildman–Crippen LogP) is 4.72. The van der Waals surface area contributed by atoms with Crippen LogP contribution in [0.15, 0.2) is 42.5 Å². The van der Waals surface area contributed by atoms with E-state index in [2.05, 4.69) is 27.8 Å². The number of amides is 2. The molecule has 3 N–H and O–H groups in total. The van der Waals surface area contributed by atoms with Crippen molar-refractivity contribution < 1.29 is 9.53 Å². The van der Waals surface area contributed by atoms with E-state index in [9.17, 15) is 4.79 Å². The Kier molecular flexibility index (Phi) is 5.96. The van der Waals surface area contributed by atoms with E-state index in [0.717, 1.165) is 29.3 Å². The van der Waals surface area contributed by atoms with Gasteiger partial charge in [0.1, 0.15) is 12.4 Å². The van der Waals surface area contributed by atoms with E-state index in [1.807, 2.05) is 42.5 Å². The number of carbonyl (C=O) groups is 1. The van der Waals surface area contributed by atoms with Crippen LogP contribution in [0.25, 0.3) is 10.9 Å². The maximum Gasteiger partial charge on any atom is 0.320 e. The molecule has 1 aromatic heterocycles. The molecular formula is C19H21ClN4O2. The van der Waals surface area contributed by atoms with Gasteiger partial charge in [0.25, 0.3) is 0 Å². The van der Waals surface area contributed by atoms with Crippen LogP contribution in [0.1, 0.15) is 25.3 Å². The van der Waals surface area contributed by atoms with Crippen LogP contribution < -0.4 is 15.4 Å². The van der Waals surface area contributed by atoms with E-state index < -0.39 is 0 Å². The Labute approximate surface area is 156 Å². The fraction of sp³-hybridized carbons (Fsp3) is 0.263. The van der Waals surface area contributed by atoms with Gasteiger partial charge in [0, 0.05) is 22.5 Å². The first-order valence-corrected chi connectivity index (χ1v) is 8.94. The summed E-state index contributed by atoms with van der Waals surface area (Å²) in [6, 6.07) is 12.8. The maximum absolute atomic E-state index is 11.9. The molecule has 3 aromatic rings. The van der Waals surface area contributed by atoms with Gasteiger partial charge in [-0.3, -0.25) is 10.4 Å². The molecule has 0 aliphatic heterocycles. The molecule has 1 heterocycles. The van der Waals surface area contributed by atoms with Crippen molar-refractivity contribution in [3.8, 4) is 5.75 Å². The van der Waals surface area contributed by atoms with Crippen molar-refractivity contribution in [1.82, 2.24) is 15.5 Å². The minimum Gasteiger partial charge on any atom is -0.489 e. The number of unbranched alkanes of at least 4 members (excludes halogenated alkanes) is 1. The van der Waals surface area contributed by atoms with E-state index in [1.54, 1.807) is 0 Å². The van der Waals surface area contributed by atoms with Gasteiger partial charge < -0.3 is 10.1 Å². The van der Waals surface area contributed by atoms with Crippen LogP contribution in [-0.4, -0.2) is 22.8 Å².